The summed E-state index contributed by atoms with van der Waals surface area (Å²) in [6.07, 6.45) is 6.71. The fraction of sp³-hybridized carbons (Fsp3) is 0.364. The van der Waals surface area contributed by atoms with Crippen LogP contribution in [0.25, 0.3) is 22.2 Å². The number of nitrogens with zero attached hydrogens (tertiary/aromatic N) is 2. The van der Waals surface area contributed by atoms with E-state index in [0.717, 1.165) is 58.5 Å². The molecule has 2 heterocycles. The number of oxime groups is 1. The van der Waals surface area contributed by atoms with Crippen LogP contribution < -0.4 is 0 Å². The number of nitrogens with one attached hydrogen (secondary N) is 1. The number of H-pyrrole nitrogens is 1. The van der Waals surface area contributed by atoms with Crippen LogP contribution in [0.1, 0.15) is 49.9 Å². The molecule has 1 aliphatic carbocycles. The van der Waals surface area contributed by atoms with E-state index in [9.17, 15) is 5.11 Å². The zero-order valence-corrected chi connectivity index (χ0v) is 15.5. The lowest BCUT2D eigenvalue weighted by Gasteiger charge is -2.30. The largest absolute Gasteiger partial charge is 0.507 e. The minimum atomic E-state index is -0.109. The molecular formula is C22H23N3O2. The summed E-state index contributed by atoms with van der Waals surface area (Å²) >= 11 is 0. The lowest BCUT2D eigenvalue weighted by molar-refractivity contribution is -0.0449. The van der Waals surface area contributed by atoms with Gasteiger partial charge in [0.1, 0.15) is 17.1 Å². The van der Waals surface area contributed by atoms with Crippen LogP contribution in [0, 0.1) is 6.92 Å². The average molecular weight is 361 g/mol. The van der Waals surface area contributed by atoms with Crippen molar-refractivity contribution in [3.05, 3.63) is 47.8 Å². The number of fused-ring (bicyclic) bond motifs is 1. The summed E-state index contributed by atoms with van der Waals surface area (Å²) in [5, 5.41) is 14.6. The molecule has 0 unspecified atom stereocenters. The molecule has 3 aromatic rings. The summed E-state index contributed by atoms with van der Waals surface area (Å²) in [4.78, 5) is 14.1. The Kier molecular flexibility index (Phi) is 3.71. The van der Waals surface area contributed by atoms with Crippen LogP contribution in [0.5, 0.6) is 5.75 Å². The molecule has 5 heteroatoms. The van der Waals surface area contributed by atoms with E-state index in [1.165, 1.54) is 19.3 Å². The van der Waals surface area contributed by atoms with Crippen molar-refractivity contribution in [1.82, 2.24) is 9.97 Å². The van der Waals surface area contributed by atoms with Gasteiger partial charge in [0.05, 0.1) is 11.0 Å². The Balaban J connectivity index is 1.51. The second kappa shape index (κ2) is 6.12. The molecule has 1 aliphatic heterocycles. The summed E-state index contributed by atoms with van der Waals surface area (Å²) in [6, 6.07) is 11.5. The first-order chi connectivity index (χ1) is 13.1. The summed E-state index contributed by atoms with van der Waals surface area (Å²) in [6.45, 7) is 2.06. The molecule has 1 spiro atoms. The maximum Gasteiger partial charge on any atom is 0.156 e. The van der Waals surface area contributed by atoms with Crippen molar-refractivity contribution >= 4 is 16.7 Å². The fourth-order valence-corrected chi connectivity index (χ4v) is 4.41. The monoisotopic (exact) mass is 361 g/mol. The average Bonchev–Trinajstić information content (AvgIpc) is 3.28. The zero-order valence-electron chi connectivity index (χ0n) is 15.5. The number of phenols is 1. The van der Waals surface area contributed by atoms with Crippen LogP contribution in [0.15, 0.2) is 41.6 Å². The SMILES string of the molecule is Cc1cc(-c2ccccc2O)cc2nc(C3=NOC4(CCCCC4)C3)[nH]c12. The maximum atomic E-state index is 10.2. The van der Waals surface area contributed by atoms with E-state index in [2.05, 4.69) is 23.1 Å². The van der Waals surface area contributed by atoms with Gasteiger partial charge >= 0.3 is 0 Å². The molecule has 5 rings (SSSR count). The van der Waals surface area contributed by atoms with E-state index in [4.69, 9.17) is 9.82 Å². The Morgan fingerprint density at radius 1 is 1.11 bits per heavy atom. The molecule has 1 aromatic heterocycles. The predicted octanol–water partition coefficient (Wildman–Crippen LogP) is 5.07. The van der Waals surface area contributed by atoms with Gasteiger partial charge in [-0.2, -0.15) is 0 Å². The quantitative estimate of drug-likeness (QED) is 0.669. The lowest BCUT2D eigenvalue weighted by atomic mass is 9.81. The van der Waals surface area contributed by atoms with Crippen LogP contribution in [-0.2, 0) is 4.84 Å². The van der Waals surface area contributed by atoms with Crippen molar-refractivity contribution in [2.45, 2.75) is 51.0 Å². The van der Waals surface area contributed by atoms with E-state index >= 15 is 0 Å². The van der Waals surface area contributed by atoms with E-state index in [1.54, 1.807) is 6.07 Å². The number of hydrogen-bond donors (Lipinski definition) is 2. The van der Waals surface area contributed by atoms with Crippen LogP contribution >= 0.6 is 0 Å². The van der Waals surface area contributed by atoms with Gasteiger partial charge < -0.3 is 14.9 Å². The molecule has 1 fully saturated rings. The van der Waals surface area contributed by atoms with Gasteiger partial charge in [-0.25, -0.2) is 4.98 Å². The highest BCUT2D eigenvalue weighted by Crippen LogP contribution is 2.39. The molecule has 0 bridgehead atoms. The normalized spacial score (nSPS) is 18.6. The Morgan fingerprint density at radius 2 is 1.93 bits per heavy atom. The van der Waals surface area contributed by atoms with E-state index < -0.39 is 0 Å². The highest BCUT2D eigenvalue weighted by molar-refractivity contribution is 6.01. The zero-order chi connectivity index (χ0) is 18.4. The van der Waals surface area contributed by atoms with Gasteiger partial charge in [-0.1, -0.05) is 29.8 Å². The van der Waals surface area contributed by atoms with Crippen LogP contribution in [0.2, 0.25) is 0 Å². The van der Waals surface area contributed by atoms with Crippen LogP contribution in [0.3, 0.4) is 0 Å². The Morgan fingerprint density at radius 3 is 2.74 bits per heavy atom. The van der Waals surface area contributed by atoms with Crippen molar-refractivity contribution in [3.63, 3.8) is 0 Å². The molecule has 0 atom stereocenters. The minimum absolute atomic E-state index is 0.109. The number of aromatic amines is 1. The van der Waals surface area contributed by atoms with Crippen molar-refractivity contribution in [1.29, 1.82) is 0 Å². The number of para-hydroxylation sites is 1. The highest BCUT2D eigenvalue weighted by atomic mass is 16.7. The number of aryl methyl sites for hydroxylation is 1. The summed E-state index contributed by atoms with van der Waals surface area (Å²) in [5.74, 6) is 1.07. The van der Waals surface area contributed by atoms with Crippen molar-refractivity contribution < 1.29 is 9.94 Å². The molecule has 2 aromatic carbocycles. The van der Waals surface area contributed by atoms with Crippen molar-refractivity contribution in [3.8, 4) is 16.9 Å². The number of phenolic OH excluding ortho intramolecular Hbond substituents is 1. The first-order valence-electron chi connectivity index (χ1n) is 9.68. The molecule has 1 saturated carbocycles. The predicted molar refractivity (Wildman–Crippen MR) is 106 cm³/mol. The van der Waals surface area contributed by atoms with Crippen LogP contribution in [-0.4, -0.2) is 26.4 Å². The second-order valence-corrected chi connectivity index (χ2v) is 7.84. The van der Waals surface area contributed by atoms with Gasteiger partial charge in [0, 0.05) is 12.0 Å². The minimum Gasteiger partial charge on any atom is -0.507 e. The number of hydrogen-bond acceptors (Lipinski definition) is 4. The van der Waals surface area contributed by atoms with E-state index in [-0.39, 0.29) is 11.4 Å². The van der Waals surface area contributed by atoms with Crippen LogP contribution in [0.4, 0.5) is 0 Å². The number of rotatable bonds is 2. The third kappa shape index (κ3) is 2.78. The molecule has 2 N–H and O–H groups in total. The fourth-order valence-electron chi connectivity index (χ4n) is 4.41. The summed E-state index contributed by atoms with van der Waals surface area (Å²) in [7, 11) is 0. The van der Waals surface area contributed by atoms with E-state index in [1.807, 2.05) is 24.3 Å². The molecule has 0 radical (unpaired) electrons. The third-order valence-electron chi connectivity index (χ3n) is 5.88. The molecule has 0 amide bonds. The van der Waals surface area contributed by atoms with Gasteiger partial charge in [-0.05, 0) is 61.9 Å². The Hall–Kier alpha value is -2.82. The van der Waals surface area contributed by atoms with E-state index in [0.29, 0.717) is 0 Å². The first-order valence-corrected chi connectivity index (χ1v) is 9.68. The number of aromatic nitrogens is 2. The Labute approximate surface area is 158 Å². The second-order valence-electron chi connectivity index (χ2n) is 7.84. The number of aromatic hydroxyl groups is 1. The highest BCUT2D eigenvalue weighted by Gasteiger charge is 2.41. The van der Waals surface area contributed by atoms with Crippen molar-refractivity contribution in [2.75, 3.05) is 0 Å². The number of benzene rings is 2. The van der Waals surface area contributed by atoms with Gasteiger partial charge in [-0.15, -0.1) is 0 Å². The molecule has 138 valence electrons. The van der Waals surface area contributed by atoms with Gasteiger partial charge in [0.15, 0.2) is 5.82 Å². The first kappa shape index (κ1) is 16.4. The molecule has 5 nitrogen and oxygen atoms in total. The topological polar surface area (TPSA) is 70.5 Å². The molecule has 0 saturated heterocycles. The standard InChI is InChI=1S/C22H23N3O2/c1-14-11-15(16-7-3-4-8-19(16)26)12-17-20(14)24-21(23-17)18-13-22(27-25-18)9-5-2-6-10-22/h3-4,7-8,11-12,26H,2,5-6,9-10,13H2,1H3,(H,23,24). The summed E-state index contributed by atoms with van der Waals surface area (Å²) in [5.41, 5.74) is 5.57. The Bertz CT molecular complexity index is 1040. The molecular weight excluding hydrogens is 338 g/mol. The lowest BCUT2D eigenvalue weighted by Crippen LogP contribution is -2.31. The van der Waals surface area contributed by atoms with Gasteiger partial charge in [0.2, 0.25) is 0 Å². The molecule has 27 heavy (non-hydrogen) atoms. The molecule has 2 aliphatic rings. The third-order valence-corrected chi connectivity index (χ3v) is 5.88. The summed E-state index contributed by atoms with van der Waals surface area (Å²) < 4.78 is 0. The van der Waals surface area contributed by atoms with Gasteiger partial charge in [0.25, 0.3) is 0 Å². The smallest absolute Gasteiger partial charge is 0.156 e. The number of imidazole rings is 1. The van der Waals surface area contributed by atoms with Crippen molar-refractivity contribution in [2.24, 2.45) is 5.16 Å². The maximum absolute atomic E-state index is 10.2. The van der Waals surface area contributed by atoms with Gasteiger partial charge in [-0.3, -0.25) is 0 Å².